The molecule has 1 aliphatic heterocycles. The van der Waals surface area contributed by atoms with Crippen LogP contribution in [0.4, 0.5) is 0 Å². The summed E-state index contributed by atoms with van der Waals surface area (Å²) in [4.78, 5) is 13.0. The first-order chi connectivity index (χ1) is 15.9. The molecule has 33 heavy (non-hydrogen) atoms. The van der Waals surface area contributed by atoms with Crippen LogP contribution < -0.4 is 10.1 Å². The molecule has 172 valence electrons. The monoisotopic (exact) mass is 464 g/mol. The van der Waals surface area contributed by atoms with E-state index in [2.05, 4.69) is 17.4 Å². The molecular formula is C26H28N2O4S. The number of nitrogens with one attached hydrogen (secondary N) is 1. The van der Waals surface area contributed by atoms with Crippen molar-refractivity contribution in [1.82, 2.24) is 9.62 Å². The highest BCUT2D eigenvalue weighted by Crippen LogP contribution is 2.30. The first-order valence-corrected chi connectivity index (χ1v) is 12.5. The van der Waals surface area contributed by atoms with Crippen LogP contribution in [-0.2, 0) is 10.0 Å². The largest absolute Gasteiger partial charge is 0.495 e. The molecule has 1 N–H and O–H groups in total. The second-order valence-electron chi connectivity index (χ2n) is 8.16. The SMILES string of the molecule is COc1ccc(C(=O)NC(C)c2ccc(-c3ccccc3)cc2)cc1S(=O)(=O)N1CCCC1. The Morgan fingerprint density at radius 3 is 2.21 bits per heavy atom. The Bertz CT molecular complexity index is 1220. The average molecular weight is 465 g/mol. The molecule has 7 heteroatoms. The molecule has 3 aromatic carbocycles. The number of sulfonamides is 1. The molecule has 6 nitrogen and oxygen atoms in total. The number of hydrogen-bond donors (Lipinski definition) is 1. The first-order valence-electron chi connectivity index (χ1n) is 11.0. The topological polar surface area (TPSA) is 75.7 Å². The lowest BCUT2D eigenvalue weighted by molar-refractivity contribution is 0.0939. The Labute approximate surface area is 195 Å². The molecule has 1 fully saturated rings. The number of rotatable bonds is 7. The predicted octanol–water partition coefficient (Wildman–Crippen LogP) is 4.64. The lowest BCUT2D eigenvalue weighted by Crippen LogP contribution is -2.29. The van der Waals surface area contributed by atoms with Gasteiger partial charge in [0.2, 0.25) is 10.0 Å². The summed E-state index contributed by atoms with van der Waals surface area (Å²) in [6.07, 6.45) is 1.67. The first kappa shape index (κ1) is 23.0. The molecule has 4 rings (SSSR count). The highest BCUT2D eigenvalue weighted by atomic mass is 32.2. The van der Waals surface area contributed by atoms with Crippen LogP contribution in [0.3, 0.4) is 0 Å². The number of carbonyl (C=O) groups excluding carboxylic acids is 1. The van der Waals surface area contributed by atoms with Gasteiger partial charge in [-0.2, -0.15) is 4.31 Å². The smallest absolute Gasteiger partial charge is 0.251 e. The Morgan fingerprint density at radius 2 is 1.58 bits per heavy atom. The van der Waals surface area contributed by atoms with Crippen molar-refractivity contribution in [3.8, 4) is 16.9 Å². The second-order valence-corrected chi connectivity index (χ2v) is 10.1. The number of carbonyl (C=O) groups is 1. The van der Waals surface area contributed by atoms with E-state index in [1.54, 1.807) is 6.07 Å². The molecule has 3 aromatic rings. The normalized spacial score (nSPS) is 15.2. The Morgan fingerprint density at radius 1 is 0.939 bits per heavy atom. The zero-order valence-corrected chi connectivity index (χ0v) is 19.6. The third-order valence-corrected chi connectivity index (χ3v) is 7.89. The van der Waals surface area contributed by atoms with Crippen molar-refractivity contribution in [2.75, 3.05) is 20.2 Å². The van der Waals surface area contributed by atoms with Crippen LogP contribution in [0.5, 0.6) is 5.75 Å². The van der Waals surface area contributed by atoms with Crippen LogP contribution in [0.15, 0.2) is 77.7 Å². The van der Waals surface area contributed by atoms with Gasteiger partial charge in [-0.3, -0.25) is 4.79 Å². The Hall–Kier alpha value is -3.16. The number of methoxy groups -OCH3 is 1. The highest BCUT2D eigenvalue weighted by molar-refractivity contribution is 7.89. The van der Waals surface area contributed by atoms with E-state index in [0.717, 1.165) is 29.5 Å². The molecule has 0 spiro atoms. The fourth-order valence-electron chi connectivity index (χ4n) is 4.05. The van der Waals surface area contributed by atoms with Gasteiger partial charge in [-0.25, -0.2) is 8.42 Å². The minimum Gasteiger partial charge on any atom is -0.495 e. The molecule has 0 radical (unpaired) electrons. The van der Waals surface area contributed by atoms with Crippen molar-refractivity contribution in [3.05, 3.63) is 83.9 Å². The lowest BCUT2D eigenvalue weighted by Gasteiger charge is -2.19. The molecule has 0 bridgehead atoms. The minimum absolute atomic E-state index is 0.0272. The van der Waals surface area contributed by atoms with E-state index in [4.69, 9.17) is 4.74 Å². The average Bonchev–Trinajstić information content (AvgIpc) is 3.40. The predicted molar refractivity (Wildman–Crippen MR) is 129 cm³/mol. The number of amides is 1. The van der Waals surface area contributed by atoms with Crippen molar-refractivity contribution in [3.63, 3.8) is 0 Å². The van der Waals surface area contributed by atoms with E-state index in [1.807, 2.05) is 49.4 Å². The molecule has 0 saturated carbocycles. The molecule has 1 saturated heterocycles. The molecule has 1 aliphatic rings. The van der Waals surface area contributed by atoms with Crippen LogP contribution >= 0.6 is 0 Å². The van der Waals surface area contributed by atoms with E-state index in [1.165, 1.54) is 23.5 Å². The van der Waals surface area contributed by atoms with Gasteiger partial charge in [-0.05, 0) is 54.7 Å². The van der Waals surface area contributed by atoms with E-state index < -0.39 is 10.0 Å². The maximum atomic E-state index is 13.1. The molecule has 1 atom stereocenters. The van der Waals surface area contributed by atoms with Crippen molar-refractivity contribution >= 4 is 15.9 Å². The van der Waals surface area contributed by atoms with Gasteiger partial charge >= 0.3 is 0 Å². The molecule has 1 amide bonds. The van der Waals surface area contributed by atoms with Crippen molar-refractivity contribution in [2.45, 2.75) is 30.7 Å². The van der Waals surface area contributed by atoms with Gasteiger partial charge in [0.25, 0.3) is 5.91 Å². The quantitative estimate of drug-likeness (QED) is 0.553. The summed E-state index contributed by atoms with van der Waals surface area (Å²) in [5.41, 5.74) is 3.47. The van der Waals surface area contributed by atoms with E-state index in [0.29, 0.717) is 13.1 Å². The van der Waals surface area contributed by atoms with Gasteiger partial charge in [0.1, 0.15) is 10.6 Å². The summed E-state index contributed by atoms with van der Waals surface area (Å²) >= 11 is 0. The van der Waals surface area contributed by atoms with Gasteiger partial charge in [-0.1, -0.05) is 54.6 Å². The summed E-state index contributed by atoms with van der Waals surface area (Å²) in [6, 6.07) is 22.4. The van der Waals surface area contributed by atoms with E-state index in [-0.39, 0.29) is 28.2 Å². The van der Waals surface area contributed by atoms with Crippen molar-refractivity contribution < 1.29 is 17.9 Å². The maximum absolute atomic E-state index is 13.1. The van der Waals surface area contributed by atoms with E-state index >= 15 is 0 Å². The van der Waals surface area contributed by atoms with Crippen LogP contribution in [0.2, 0.25) is 0 Å². The Kier molecular flexibility index (Phi) is 6.81. The summed E-state index contributed by atoms with van der Waals surface area (Å²) < 4.78 is 32.9. The van der Waals surface area contributed by atoms with Gasteiger partial charge in [0.15, 0.2) is 0 Å². The molecule has 1 unspecified atom stereocenters. The van der Waals surface area contributed by atoms with Gasteiger partial charge in [0.05, 0.1) is 13.2 Å². The zero-order valence-electron chi connectivity index (χ0n) is 18.8. The molecule has 0 aliphatic carbocycles. The van der Waals surface area contributed by atoms with Crippen molar-refractivity contribution in [1.29, 1.82) is 0 Å². The zero-order chi connectivity index (χ0) is 23.4. The third kappa shape index (κ3) is 4.94. The van der Waals surface area contributed by atoms with Crippen LogP contribution in [-0.4, -0.2) is 38.8 Å². The molecule has 0 aromatic heterocycles. The fourth-order valence-corrected chi connectivity index (χ4v) is 5.74. The third-order valence-electron chi connectivity index (χ3n) is 5.97. The van der Waals surface area contributed by atoms with E-state index in [9.17, 15) is 13.2 Å². The highest BCUT2D eigenvalue weighted by Gasteiger charge is 2.30. The van der Waals surface area contributed by atoms with Gasteiger partial charge < -0.3 is 10.1 Å². The number of benzene rings is 3. The standard InChI is InChI=1S/C26H28N2O4S/c1-19(20-10-12-22(13-11-20)21-8-4-3-5-9-21)27-26(29)23-14-15-24(32-2)25(18-23)33(30,31)28-16-6-7-17-28/h3-5,8-15,18-19H,6-7,16-17H2,1-2H3,(H,27,29). The molecular weight excluding hydrogens is 436 g/mol. The Balaban J connectivity index is 1.52. The summed E-state index contributed by atoms with van der Waals surface area (Å²) in [5.74, 6) is -0.0989. The van der Waals surface area contributed by atoms with Crippen LogP contribution in [0, 0.1) is 0 Å². The maximum Gasteiger partial charge on any atom is 0.251 e. The van der Waals surface area contributed by atoms with Crippen LogP contribution in [0.25, 0.3) is 11.1 Å². The second kappa shape index (κ2) is 9.77. The number of nitrogens with zero attached hydrogens (tertiary/aromatic N) is 1. The summed E-state index contributed by atoms with van der Waals surface area (Å²) in [7, 11) is -2.29. The van der Waals surface area contributed by atoms with Gasteiger partial charge in [-0.15, -0.1) is 0 Å². The van der Waals surface area contributed by atoms with Gasteiger partial charge in [0, 0.05) is 18.7 Å². The number of hydrogen-bond acceptors (Lipinski definition) is 4. The van der Waals surface area contributed by atoms with Crippen molar-refractivity contribution in [2.24, 2.45) is 0 Å². The summed E-state index contributed by atoms with van der Waals surface area (Å²) in [6.45, 7) is 2.87. The summed E-state index contributed by atoms with van der Waals surface area (Å²) in [5, 5.41) is 2.97. The fraction of sp³-hybridized carbons (Fsp3) is 0.269. The van der Waals surface area contributed by atoms with Crippen LogP contribution in [0.1, 0.15) is 41.7 Å². The lowest BCUT2D eigenvalue weighted by atomic mass is 10.0. The number of ether oxygens (including phenoxy) is 1. The minimum atomic E-state index is -3.72. The molecule has 1 heterocycles.